The summed E-state index contributed by atoms with van der Waals surface area (Å²) in [5, 5.41) is 14.6. The summed E-state index contributed by atoms with van der Waals surface area (Å²) < 4.78 is 5.35. The molecule has 0 bridgehead atoms. The molecule has 0 aromatic rings. The summed E-state index contributed by atoms with van der Waals surface area (Å²) >= 11 is 0. The van der Waals surface area contributed by atoms with E-state index >= 15 is 0 Å². The number of ether oxygens (including phenoxy) is 1. The Kier molecular flexibility index (Phi) is 5.45. The highest BCUT2D eigenvalue weighted by molar-refractivity contribution is 5.74. The number of rotatable bonds is 6. The van der Waals surface area contributed by atoms with Crippen LogP contribution in [0.25, 0.3) is 0 Å². The average Bonchev–Trinajstić information content (AvgIpc) is 3.12. The van der Waals surface area contributed by atoms with E-state index < -0.39 is 12.1 Å². The molecule has 2 amide bonds. The summed E-state index contributed by atoms with van der Waals surface area (Å²) in [5.74, 6) is -0.923. The largest absolute Gasteiger partial charge is 0.479 e. The van der Waals surface area contributed by atoms with Crippen LogP contribution in [0.2, 0.25) is 0 Å². The second-order valence-corrected chi connectivity index (χ2v) is 6.29. The zero-order chi connectivity index (χ0) is 15.3. The van der Waals surface area contributed by atoms with Crippen LogP contribution in [0.1, 0.15) is 51.9 Å². The number of carbonyl (C=O) groups excluding carboxylic acids is 1. The maximum atomic E-state index is 11.8. The first kappa shape index (κ1) is 16.1. The third-order valence-corrected chi connectivity index (χ3v) is 4.91. The molecule has 2 aliphatic rings. The van der Waals surface area contributed by atoms with E-state index in [1.165, 1.54) is 25.7 Å². The van der Waals surface area contributed by atoms with Crippen molar-refractivity contribution in [3.63, 3.8) is 0 Å². The fourth-order valence-corrected chi connectivity index (χ4v) is 3.35. The van der Waals surface area contributed by atoms with Gasteiger partial charge >= 0.3 is 12.0 Å². The van der Waals surface area contributed by atoms with Gasteiger partial charge < -0.3 is 20.5 Å². The Morgan fingerprint density at radius 1 is 1.24 bits per heavy atom. The molecular formula is C15H26N2O4. The number of carboxylic acids is 1. The molecule has 1 aliphatic carbocycles. The average molecular weight is 298 g/mol. The molecule has 21 heavy (non-hydrogen) atoms. The SMILES string of the molecule is CCC1(CNC(=O)NCC2CCC(C(=O)O)O2)CCCC1. The topological polar surface area (TPSA) is 87.7 Å². The minimum atomic E-state index is -0.923. The van der Waals surface area contributed by atoms with Crippen molar-refractivity contribution < 1.29 is 19.4 Å². The van der Waals surface area contributed by atoms with E-state index in [0.717, 1.165) is 13.0 Å². The number of carbonyl (C=O) groups is 2. The van der Waals surface area contributed by atoms with Gasteiger partial charge in [0.25, 0.3) is 0 Å². The van der Waals surface area contributed by atoms with Crippen LogP contribution in [0.3, 0.4) is 0 Å². The molecule has 0 spiro atoms. The van der Waals surface area contributed by atoms with E-state index in [1.54, 1.807) is 0 Å². The minimum Gasteiger partial charge on any atom is -0.479 e. The normalized spacial score (nSPS) is 27.5. The van der Waals surface area contributed by atoms with Gasteiger partial charge in [-0.2, -0.15) is 0 Å². The number of hydrogen-bond acceptors (Lipinski definition) is 3. The maximum Gasteiger partial charge on any atom is 0.332 e. The quantitative estimate of drug-likeness (QED) is 0.699. The lowest BCUT2D eigenvalue weighted by atomic mass is 9.83. The predicted molar refractivity (Wildman–Crippen MR) is 78.1 cm³/mol. The van der Waals surface area contributed by atoms with E-state index in [4.69, 9.17) is 9.84 Å². The van der Waals surface area contributed by atoms with Crippen LogP contribution in [0, 0.1) is 5.41 Å². The number of nitrogens with one attached hydrogen (secondary N) is 2. The Morgan fingerprint density at radius 2 is 1.95 bits per heavy atom. The molecule has 1 saturated heterocycles. The summed E-state index contributed by atoms with van der Waals surface area (Å²) in [6.07, 6.45) is 6.27. The molecule has 3 N–H and O–H groups in total. The lowest BCUT2D eigenvalue weighted by molar-refractivity contribution is -0.149. The summed E-state index contributed by atoms with van der Waals surface area (Å²) in [7, 11) is 0. The predicted octanol–water partition coefficient (Wildman–Crippen LogP) is 1.89. The fraction of sp³-hybridized carbons (Fsp3) is 0.867. The molecule has 1 aliphatic heterocycles. The first-order valence-corrected chi connectivity index (χ1v) is 7.95. The lowest BCUT2D eigenvalue weighted by Crippen LogP contribution is -2.44. The van der Waals surface area contributed by atoms with E-state index in [9.17, 15) is 9.59 Å². The van der Waals surface area contributed by atoms with Crippen LogP contribution in [0.4, 0.5) is 4.79 Å². The van der Waals surface area contributed by atoms with Crippen LogP contribution < -0.4 is 10.6 Å². The van der Waals surface area contributed by atoms with Gasteiger partial charge in [-0.1, -0.05) is 19.8 Å². The van der Waals surface area contributed by atoms with Crippen molar-refractivity contribution in [3.05, 3.63) is 0 Å². The highest BCUT2D eigenvalue weighted by atomic mass is 16.5. The molecule has 2 unspecified atom stereocenters. The zero-order valence-corrected chi connectivity index (χ0v) is 12.7. The van der Waals surface area contributed by atoms with Crippen molar-refractivity contribution in [2.75, 3.05) is 13.1 Å². The van der Waals surface area contributed by atoms with Crippen molar-refractivity contribution >= 4 is 12.0 Å². The molecule has 2 fully saturated rings. The molecule has 1 saturated carbocycles. The Bertz CT molecular complexity index is 380. The van der Waals surface area contributed by atoms with Crippen LogP contribution >= 0.6 is 0 Å². The van der Waals surface area contributed by atoms with Gasteiger partial charge in [0.05, 0.1) is 6.10 Å². The lowest BCUT2D eigenvalue weighted by Gasteiger charge is -2.27. The second kappa shape index (κ2) is 7.11. The first-order chi connectivity index (χ1) is 10.0. The van der Waals surface area contributed by atoms with Crippen molar-refractivity contribution in [2.24, 2.45) is 5.41 Å². The molecule has 0 aromatic carbocycles. The Balaban J connectivity index is 1.65. The molecule has 6 nitrogen and oxygen atoms in total. The molecule has 1 heterocycles. The van der Waals surface area contributed by atoms with Crippen molar-refractivity contribution in [1.29, 1.82) is 0 Å². The van der Waals surface area contributed by atoms with E-state index in [0.29, 0.717) is 19.4 Å². The molecule has 2 rings (SSSR count). The number of amides is 2. The fourth-order valence-electron chi connectivity index (χ4n) is 3.35. The van der Waals surface area contributed by atoms with Gasteiger partial charge in [0.1, 0.15) is 0 Å². The van der Waals surface area contributed by atoms with Gasteiger partial charge in [-0.05, 0) is 37.5 Å². The maximum absolute atomic E-state index is 11.8. The van der Waals surface area contributed by atoms with Crippen LogP contribution in [0.5, 0.6) is 0 Å². The minimum absolute atomic E-state index is 0.183. The van der Waals surface area contributed by atoms with Gasteiger partial charge in [-0.3, -0.25) is 0 Å². The summed E-state index contributed by atoms with van der Waals surface area (Å²) in [6, 6.07) is -0.183. The highest BCUT2D eigenvalue weighted by Gasteiger charge is 2.33. The zero-order valence-electron chi connectivity index (χ0n) is 12.7. The van der Waals surface area contributed by atoms with E-state index in [1.807, 2.05) is 0 Å². The number of aliphatic carboxylic acids is 1. The Hall–Kier alpha value is -1.30. The summed E-state index contributed by atoms with van der Waals surface area (Å²) in [6.45, 7) is 3.27. The Morgan fingerprint density at radius 3 is 2.52 bits per heavy atom. The van der Waals surface area contributed by atoms with E-state index in [-0.39, 0.29) is 17.6 Å². The smallest absolute Gasteiger partial charge is 0.332 e. The number of urea groups is 1. The van der Waals surface area contributed by atoms with Crippen molar-refractivity contribution in [2.45, 2.75) is 64.1 Å². The molecule has 120 valence electrons. The van der Waals surface area contributed by atoms with Crippen LogP contribution in [-0.4, -0.2) is 42.4 Å². The third-order valence-electron chi connectivity index (χ3n) is 4.91. The summed E-state index contributed by atoms with van der Waals surface area (Å²) in [4.78, 5) is 22.6. The molecule has 0 radical (unpaired) electrons. The Labute approximate surface area is 125 Å². The second-order valence-electron chi connectivity index (χ2n) is 6.29. The van der Waals surface area contributed by atoms with Crippen molar-refractivity contribution in [3.8, 4) is 0 Å². The molecule has 6 heteroatoms. The number of hydrogen-bond donors (Lipinski definition) is 3. The molecular weight excluding hydrogens is 272 g/mol. The first-order valence-electron chi connectivity index (χ1n) is 7.95. The summed E-state index contributed by atoms with van der Waals surface area (Å²) in [5.41, 5.74) is 0.273. The monoisotopic (exact) mass is 298 g/mol. The van der Waals surface area contributed by atoms with Gasteiger partial charge in [-0.15, -0.1) is 0 Å². The van der Waals surface area contributed by atoms with Gasteiger partial charge in [0, 0.05) is 13.1 Å². The number of carboxylic acid groups (broad SMARTS) is 1. The molecule has 2 atom stereocenters. The molecule has 0 aromatic heterocycles. The van der Waals surface area contributed by atoms with Gasteiger partial charge in [0.15, 0.2) is 6.10 Å². The van der Waals surface area contributed by atoms with Crippen LogP contribution in [-0.2, 0) is 9.53 Å². The van der Waals surface area contributed by atoms with Crippen LogP contribution in [0.15, 0.2) is 0 Å². The standard InChI is InChI=1S/C15H26N2O4/c1-2-15(7-3-4-8-15)10-17-14(20)16-9-11-5-6-12(21-11)13(18)19/h11-12H,2-10H2,1H3,(H,18,19)(H2,16,17,20). The van der Waals surface area contributed by atoms with Crippen molar-refractivity contribution in [1.82, 2.24) is 10.6 Å². The van der Waals surface area contributed by atoms with Gasteiger partial charge in [0.2, 0.25) is 0 Å². The third kappa shape index (κ3) is 4.33. The van der Waals surface area contributed by atoms with E-state index in [2.05, 4.69) is 17.6 Å². The van der Waals surface area contributed by atoms with Gasteiger partial charge in [-0.25, -0.2) is 9.59 Å². The highest BCUT2D eigenvalue weighted by Crippen LogP contribution is 2.40.